The van der Waals surface area contributed by atoms with Gasteiger partial charge in [0.15, 0.2) is 11.2 Å². The average Bonchev–Trinajstić information content (AvgIpc) is 2.67. The van der Waals surface area contributed by atoms with Crippen LogP contribution in [0.2, 0.25) is 0 Å². The van der Waals surface area contributed by atoms with Gasteiger partial charge in [-0.25, -0.2) is 0 Å². The summed E-state index contributed by atoms with van der Waals surface area (Å²) in [7, 11) is 0. The van der Waals surface area contributed by atoms with Gasteiger partial charge in [0.1, 0.15) is 5.58 Å². The van der Waals surface area contributed by atoms with E-state index in [2.05, 4.69) is 4.98 Å². The van der Waals surface area contributed by atoms with E-state index in [1.807, 2.05) is 31.2 Å². The fraction of sp³-hybridized carbons (Fsp3) is 0.286. The second-order valence-electron chi connectivity index (χ2n) is 6.74. The summed E-state index contributed by atoms with van der Waals surface area (Å²) in [5, 5.41) is 0.493. The largest absolute Gasteiger partial charge is 0.451 e. The summed E-state index contributed by atoms with van der Waals surface area (Å²) in [6.07, 6.45) is 4.59. The van der Waals surface area contributed by atoms with Gasteiger partial charge in [-0.1, -0.05) is 12.1 Å². The van der Waals surface area contributed by atoms with Crippen LogP contribution in [0.15, 0.2) is 57.9 Å². The minimum absolute atomic E-state index is 0.0871. The van der Waals surface area contributed by atoms with E-state index >= 15 is 0 Å². The first-order valence-corrected chi connectivity index (χ1v) is 8.90. The molecule has 4 rings (SSSR count). The number of rotatable bonds is 2. The Bertz CT molecular complexity index is 1010. The summed E-state index contributed by atoms with van der Waals surface area (Å²) < 4.78 is 5.81. The van der Waals surface area contributed by atoms with Crippen LogP contribution in [0.3, 0.4) is 0 Å². The van der Waals surface area contributed by atoms with Crippen LogP contribution in [0, 0.1) is 6.92 Å². The lowest BCUT2D eigenvalue weighted by atomic mass is 9.98. The van der Waals surface area contributed by atoms with Gasteiger partial charge in [0, 0.05) is 18.8 Å². The molecule has 1 aliphatic heterocycles. The Morgan fingerprint density at radius 3 is 2.88 bits per heavy atom. The minimum Gasteiger partial charge on any atom is -0.451 e. The van der Waals surface area contributed by atoms with E-state index in [0.717, 1.165) is 30.5 Å². The highest BCUT2D eigenvalue weighted by molar-refractivity contribution is 5.93. The molecule has 0 aliphatic carbocycles. The van der Waals surface area contributed by atoms with Crippen molar-refractivity contribution in [3.8, 4) is 0 Å². The molecule has 0 spiro atoms. The fourth-order valence-electron chi connectivity index (χ4n) is 3.56. The molecule has 1 amide bonds. The van der Waals surface area contributed by atoms with E-state index in [1.165, 1.54) is 6.07 Å². The number of amides is 1. The molecule has 1 aliphatic rings. The third-order valence-electron chi connectivity index (χ3n) is 4.89. The standard InChI is InChI=1S/C21H20N2O3/c1-14-8-9-15-18(24)13-20(26-19(15)12-14)21(25)23-11-5-3-7-17(23)16-6-2-4-10-22-16/h2,4,6,8-10,12-13,17H,3,5,7,11H2,1H3. The normalized spacial score (nSPS) is 17.4. The van der Waals surface area contributed by atoms with Gasteiger partial charge in [-0.2, -0.15) is 0 Å². The van der Waals surface area contributed by atoms with Crippen LogP contribution in [-0.4, -0.2) is 22.3 Å². The van der Waals surface area contributed by atoms with Gasteiger partial charge in [0.2, 0.25) is 0 Å². The smallest absolute Gasteiger partial charge is 0.290 e. The molecule has 1 fully saturated rings. The molecule has 3 aromatic rings. The molecule has 1 aromatic carbocycles. The third-order valence-corrected chi connectivity index (χ3v) is 4.89. The van der Waals surface area contributed by atoms with E-state index in [4.69, 9.17) is 4.42 Å². The van der Waals surface area contributed by atoms with E-state index < -0.39 is 0 Å². The first-order valence-electron chi connectivity index (χ1n) is 8.90. The Morgan fingerprint density at radius 1 is 1.19 bits per heavy atom. The molecule has 1 saturated heterocycles. The highest BCUT2D eigenvalue weighted by Crippen LogP contribution is 2.31. The molecule has 3 heterocycles. The van der Waals surface area contributed by atoms with Crippen molar-refractivity contribution < 1.29 is 9.21 Å². The first kappa shape index (κ1) is 16.5. The van der Waals surface area contributed by atoms with Crippen LogP contribution < -0.4 is 5.43 Å². The van der Waals surface area contributed by atoms with Crippen molar-refractivity contribution in [2.24, 2.45) is 0 Å². The summed E-state index contributed by atoms with van der Waals surface area (Å²) in [4.78, 5) is 31.7. The average molecular weight is 348 g/mol. The number of carbonyl (C=O) groups excluding carboxylic acids is 1. The summed E-state index contributed by atoms with van der Waals surface area (Å²) in [5.74, 6) is -0.156. The van der Waals surface area contributed by atoms with E-state index in [9.17, 15) is 9.59 Å². The van der Waals surface area contributed by atoms with Crippen molar-refractivity contribution in [3.05, 3.63) is 75.9 Å². The van der Waals surface area contributed by atoms with Gasteiger partial charge in [0.05, 0.1) is 17.1 Å². The fourth-order valence-corrected chi connectivity index (χ4v) is 3.56. The van der Waals surface area contributed by atoms with Crippen LogP contribution in [0.1, 0.15) is 47.1 Å². The Balaban J connectivity index is 1.74. The Morgan fingerprint density at radius 2 is 2.08 bits per heavy atom. The number of pyridine rings is 1. The van der Waals surface area contributed by atoms with Gasteiger partial charge >= 0.3 is 0 Å². The predicted octanol–water partition coefficient (Wildman–Crippen LogP) is 3.86. The SMILES string of the molecule is Cc1ccc2c(=O)cc(C(=O)N3CCCCC3c3ccccn3)oc2c1. The molecule has 132 valence electrons. The summed E-state index contributed by atoms with van der Waals surface area (Å²) in [6.45, 7) is 2.56. The van der Waals surface area contributed by atoms with Crippen molar-refractivity contribution in [1.29, 1.82) is 0 Å². The maximum atomic E-state index is 13.1. The third kappa shape index (κ3) is 3.01. The molecule has 0 radical (unpaired) electrons. The molecule has 5 nitrogen and oxygen atoms in total. The lowest BCUT2D eigenvalue weighted by Crippen LogP contribution is -2.39. The van der Waals surface area contributed by atoms with Crippen LogP contribution in [-0.2, 0) is 0 Å². The zero-order chi connectivity index (χ0) is 18.1. The highest BCUT2D eigenvalue weighted by atomic mass is 16.3. The lowest BCUT2D eigenvalue weighted by molar-refractivity contribution is 0.0574. The Hall–Kier alpha value is -2.95. The maximum Gasteiger partial charge on any atom is 0.290 e. The van der Waals surface area contributed by atoms with E-state index in [0.29, 0.717) is 17.5 Å². The molecule has 26 heavy (non-hydrogen) atoms. The maximum absolute atomic E-state index is 13.1. The highest BCUT2D eigenvalue weighted by Gasteiger charge is 2.31. The molecular weight excluding hydrogens is 328 g/mol. The second-order valence-corrected chi connectivity index (χ2v) is 6.74. The Labute approximate surface area is 151 Å². The molecule has 0 bridgehead atoms. The first-order chi connectivity index (χ1) is 12.6. The van der Waals surface area contributed by atoms with Gasteiger partial charge in [0.25, 0.3) is 5.91 Å². The van der Waals surface area contributed by atoms with Crippen molar-refractivity contribution >= 4 is 16.9 Å². The Kier molecular flexibility index (Phi) is 4.29. The van der Waals surface area contributed by atoms with Crippen LogP contribution in [0.5, 0.6) is 0 Å². The number of likely N-dealkylation sites (tertiary alicyclic amines) is 1. The molecule has 1 atom stereocenters. The quantitative estimate of drug-likeness (QED) is 0.705. The lowest BCUT2D eigenvalue weighted by Gasteiger charge is -2.35. The van der Waals surface area contributed by atoms with Gasteiger partial charge in [-0.15, -0.1) is 0 Å². The van der Waals surface area contributed by atoms with Crippen molar-refractivity contribution in [1.82, 2.24) is 9.88 Å². The number of aryl methyl sites for hydroxylation is 1. The topological polar surface area (TPSA) is 63.4 Å². The molecular formula is C21H20N2O3. The van der Waals surface area contributed by atoms with Crippen molar-refractivity contribution in [3.63, 3.8) is 0 Å². The number of nitrogens with zero attached hydrogens (tertiary/aromatic N) is 2. The predicted molar refractivity (Wildman–Crippen MR) is 99.1 cm³/mol. The number of hydrogen-bond acceptors (Lipinski definition) is 4. The monoisotopic (exact) mass is 348 g/mol. The molecule has 0 saturated carbocycles. The number of benzene rings is 1. The number of fused-ring (bicyclic) bond motifs is 1. The summed E-state index contributed by atoms with van der Waals surface area (Å²) >= 11 is 0. The van der Waals surface area contributed by atoms with Gasteiger partial charge in [-0.3, -0.25) is 14.6 Å². The second kappa shape index (κ2) is 6.75. The van der Waals surface area contributed by atoms with Crippen molar-refractivity contribution in [2.45, 2.75) is 32.2 Å². The van der Waals surface area contributed by atoms with Crippen LogP contribution in [0.4, 0.5) is 0 Å². The number of aromatic nitrogens is 1. The van der Waals surface area contributed by atoms with Gasteiger partial charge in [-0.05, 0) is 56.0 Å². The molecule has 0 N–H and O–H groups in total. The molecule has 5 heteroatoms. The van der Waals surface area contributed by atoms with E-state index in [1.54, 1.807) is 23.2 Å². The van der Waals surface area contributed by atoms with Crippen molar-refractivity contribution in [2.75, 3.05) is 6.54 Å². The van der Waals surface area contributed by atoms with Crippen LogP contribution >= 0.6 is 0 Å². The van der Waals surface area contributed by atoms with E-state index in [-0.39, 0.29) is 23.1 Å². The van der Waals surface area contributed by atoms with Crippen LogP contribution in [0.25, 0.3) is 11.0 Å². The summed E-state index contributed by atoms with van der Waals surface area (Å²) in [6, 6.07) is 12.4. The van der Waals surface area contributed by atoms with Gasteiger partial charge < -0.3 is 9.32 Å². The summed E-state index contributed by atoms with van der Waals surface area (Å²) in [5.41, 5.74) is 2.11. The zero-order valence-electron chi connectivity index (χ0n) is 14.6. The zero-order valence-corrected chi connectivity index (χ0v) is 14.6. The molecule has 2 aromatic heterocycles. The number of piperidine rings is 1. The number of hydrogen-bond donors (Lipinski definition) is 0. The minimum atomic E-state index is -0.249. The number of carbonyl (C=O) groups is 1. The molecule has 1 unspecified atom stereocenters.